The van der Waals surface area contributed by atoms with Crippen LogP contribution in [0.15, 0.2) is 33.6 Å². The van der Waals surface area contributed by atoms with Crippen molar-refractivity contribution in [1.82, 2.24) is 9.62 Å². The first-order chi connectivity index (χ1) is 10.4. The van der Waals surface area contributed by atoms with Crippen LogP contribution >= 0.6 is 15.9 Å². The van der Waals surface area contributed by atoms with Crippen LogP contribution in [0, 0.1) is 5.92 Å². The number of piperidine rings is 1. The van der Waals surface area contributed by atoms with Gasteiger partial charge in [0.15, 0.2) is 0 Å². The minimum Gasteiger partial charge on any atom is -0.299 e. The van der Waals surface area contributed by atoms with Gasteiger partial charge in [-0.2, -0.15) is 0 Å². The van der Waals surface area contributed by atoms with Crippen molar-refractivity contribution in [2.75, 3.05) is 19.6 Å². The van der Waals surface area contributed by atoms with Crippen molar-refractivity contribution in [3.8, 4) is 0 Å². The fourth-order valence-electron chi connectivity index (χ4n) is 2.93. The Balaban J connectivity index is 2.03. The normalized spacial score (nSPS) is 18.5. The van der Waals surface area contributed by atoms with Crippen LogP contribution in [-0.4, -0.2) is 39.0 Å². The first-order valence-corrected chi connectivity index (χ1v) is 10.2. The maximum Gasteiger partial charge on any atom is 0.240 e. The van der Waals surface area contributed by atoms with Gasteiger partial charge in [0.05, 0.1) is 4.90 Å². The van der Waals surface area contributed by atoms with Crippen LogP contribution in [0.2, 0.25) is 0 Å². The third kappa shape index (κ3) is 4.78. The molecule has 1 saturated heterocycles. The van der Waals surface area contributed by atoms with Crippen LogP contribution in [0.1, 0.15) is 33.1 Å². The second-order valence-electron chi connectivity index (χ2n) is 6.21. The Labute approximate surface area is 142 Å². The molecule has 0 aliphatic carbocycles. The maximum atomic E-state index is 12.4. The standard InChI is InChI=1S/C16H25BrN2O2S/c1-13(2)16(19-10-4-3-5-11-19)12-18-22(20,21)15-8-6-14(17)7-9-15/h6-9,13,16,18H,3-5,10-12H2,1-2H3. The van der Waals surface area contributed by atoms with Gasteiger partial charge in [0.1, 0.15) is 0 Å². The molecule has 0 radical (unpaired) electrons. The lowest BCUT2D eigenvalue weighted by Crippen LogP contribution is -2.48. The number of rotatable bonds is 6. The molecular weight excluding hydrogens is 364 g/mol. The van der Waals surface area contributed by atoms with Crippen molar-refractivity contribution < 1.29 is 8.42 Å². The predicted octanol–water partition coefficient (Wildman–Crippen LogP) is 3.24. The number of hydrogen-bond donors (Lipinski definition) is 1. The molecule has 1 fully saturated rings. The van der Waals surface area contributed by atoms with Crippen LogP contribution in [0.3, 0.4) is 0 Å². The summed E-state index contributed by atoms with van der Waals surface area (Å²) in [7, 11) is -3.44. The van der Waals surface area contributed by atoms with E-state index in [4.69, 9.17) is 0 Å². The van der Waals surface area contributed by atoms with Gasteiger partial charge in [-0.3, -0.25) is 4.90 Å². The summed E-state index contributed by atoms with van der Waals surface area (Å²) in [5.41, 5.74) is 0. The molecular formula is C16H25BrN2O2S. The van der Waals surface area contributed by atoms with Gasteiger partial charge in [0, 0.05) is 17.1 Å². The van der Waals surface area contributed by atoms with Crippen LogP contribution in [0.25, 0.3) is 0 Å². The van der Waals surface area contributed by atoms with Gasteiger partial charge in [0.2, 0.25) is 10.0 Å². The molecule has 1 heterocycles. The zero-order valence-electron chi connectivity index (χ0n) is 13.3. The second kappa shape index (κ2) is 7.90. The van der Waals surface area contributed by atoms with E-state index >= 15 is 0 Å². The molecule has 2 rings (SSSR count). The van der Waals surface area contributed by atoms with Gasteiger partial charge in [0.25, 0.3) is 0 Å². The predicted molar refractivity (Wildman–Crippen MR) is 93.4 cm³/mol. The smallest absolute Gasteiger partial charge is 0.240 e. The van der Waals surface area contributed by atoms with E-state index in [0.717, 1.165) is 17.6 Å². The summed E-state index contributed by atoms with van der Waals surface area (Å²) in [4.78, 5) is 2.75. The number of halogens is 1. The summed E-state index contributed by atoms with van der Waals surface area (Å²) < 4.78 is 28.5. The molecule has 0 aromatic heterocycles. The number of benzene rings is 1. The first kappa shape index (κ1) is 17.9. The zero-order chi connectivity index (χ0) is 16.2. The van der Waals surface area contributed by atoms with Crippen molar-refractivity contribution in [1.29, 1.82) is 0 Å². The minimum absolute atomic E-state index is 0.255. The highest BCUT2D eigenvalue weighted by Crippen LogP contribution is 2.19. The summed E-state index contributed by atoms with van der Waals surface area (Å²) in [5, 5.41) is 0. The molecule has 0 spiro atoms. The van der Waals surface area contributed by atoms with E-state index in [1.807, 2.05) is 0 Å². The lowest BCUT2D eigenvalue weighted by atomic mass is 9.99. The highest BCUT2D eigenvalue weighted by Gasteiger charge is 2.25. The monoisotopic (exact) mass is 388 g/mol. The molecule has 0 bridgehead atoms. The Morgan fingerprint density at radius 1 is 1.14 bits per heavy atom. The third-order valence-corrected chi connectivity index (χ3v) is 6.20. The fourth-order valence-corrected chi connectivity index (χ4v) is 4.24. The molecule has 4 nitrogen and oxygen atoms in total. The topological polar surface area (TPSA) is 49.4 Å². The fraction of sp³-hybridized carbons (Fsp3) is 0.625. The summed E-state index contributed by atoms with van der Waals surface area (Å²) in [6.07, 6.45) is 3.71. The van der Waals surface area contributed by atoms with Crippen molar-refractivity contribution in [3.63, 3.8) is 0 Å². The highest BCUT2D eigenvalue weighted by molar-refractivity contribution is 9.10. The molecule has 1 aliphatic rings. The van der Waals surface area contributed by atoms with Gasteiger partial charge in [-0.25, -0.2) is 13.1 Å². The van der Waals surface area contributed by atoms with E-state index in [0.29, 0.717) is 17.4 Å². The van der Waals surface area contributed by atoms with Gasteiger partial charge >= 0.3 is 0 Å². The van der Waals surface area contributed by atoms with Gasteiger partial charge in [-0.05, 0) is 56.1 Å². The molecule has 0 amide bonds. The molecule has 1 atom stereocenters. The van der Waals surface area contributed by atoms with Gasteiger partial charge in [-0.15, -0.1) is 0 Å². The zero-order valence-corrected chi connectivity index (χ0v) is 15.7. The number of likely N-dealkylation sites (tertiary alicyclic amines) is 1. The van der Waals surface area contributed by atoms with Crippen LogP contribution in [0.4, 0.5) is 0 Å². The molecule has 1 aliphatic heterocycles. The molecule has 1 aromatic rings. The summed E-state index contributed by atoms with van der Waals surface area (Å²) in [5.74, 6) is 0.422. The average Bonchev–Trinajstić information content (AvgIpc) is 2.48. The molecule has 1 unspecified atom stereocenters. The first-order valence-electron chi connectivity index (χ1n) is 7.89. The maximum absolute atomic E-state index is 12.4. The molecule has 1 N–H and O–H groups in total. The van der Waals surface area contributed by atoms with Crippen molar-refractivity contribution in [2.45, 2.75) is 44.0 Å². The minimum atomic E-state index is -3.44. The average molecular weight is 389 g/mol. The number of hydrogen-bond acceptors (Lipinski definition) is 3. The largest absolute Gasteiger partial charge is 0.299 e. The lowest BCUT2D eigenvalue weighted by molar-refractivity contribution is 0.130. The molecule has 1 aromatic carbocycles. The number of nitrogens with zero attached hydrogens (tertiary/aromatic N) is 1. The lowest BCUT2D eigenvalue weighted by Gasteiger charge is -2.37. The van der Waals surface area contributed by atoms with E-state index in [1.54, 1.807) is 24.3 Å². The Hall–Kier alpha value is -0.430. The van der Waals surface area contributed by atoms with Crippen LogP contribution in [-0.2, 0) is 10.0 Å². The Kier molecular flexibility index (Phi) is 6.44. The molecule has 6 heteroatoms. The Morgan fingerprint density at radius 3 is 2.27 bits per heavy atom. The number of nitrogens with one attached hydrogen (secondary N) is 1. The van der Waals surface area contributed by atoms with Crippen molar-refractivity contribution in [3.05, 3.63) is 28.7 Å². The Bertz CT molecular complexity index is 566. The van der Waals surface area contributed by atoms with E-state index in [1.165, 1.54) is 19.3 Å². The van der Waals surface area contributed by atoms with Gasteiger partial charge in [-0.1, -0.05) is 36.2 Å². The molecule has 124 valence electrons. The van der Waals surface area contributed by atoms with E-state index in [9.17, 15) is 8.42 Å². The van der Waals surface area contributed by atoms with E-state index in [-0.39, 0.29) is 6.04 Å². The van der Waals surface area contributed by atoms with Crippen molar-refractivity contribution in [2.24, 2.45) is 5.92 Å². The summed E-state index contributed by atoms with van der Waals surface area (Å²) in [6, 6.07) is 7.00. The highest BCUT2D eigenvalue weighted by atomic mass is 79.9. The second-order valence-corrected chi connectivity index (χ2v) is 8.90. The van der Waals surface area contributed by atoms with E-state index in [2.05, 4.69) is 39.4 Å². The molecule has 0 saturated carbocycles. The van der Waals surface area contributed by atoms with Gasteiger partial charge < -0.3 is 0 Å². The quantitative estimate of drug-likeness (QED) is 0.813. The SMILES string of the molecule is CC(C)C(CNS(=O)(=O)c1ccc(Br)cc1)N1CCCCC1. The summed E-state index contributed by atoms with van der Waals surface area (Å²) >= 11 is 3.32. The summed E-state index contributed by atoms with van der Waals surface area (Å²) in [6.45, 7) is 6.93. The Morgan fingerprint density at radius 2 is 1.73 bits per heavy atom. The molecule has 22 heavy (non-hydrogen) atoms. The third-order valence-electron chi connectivity index (χ3n) is 4.24. The number of sulfonamides is 1. The van der Waals surface area contributed by atoms with Crippen LogP contribution < -0.4 is 4.72 Å². The van der Waals surface area contributed by atoms with Crippen molar-refractivity contribution >= 4 is 26.0 Å². The van der Waals surface area contributed by atoms with E-state index < -0.39 is 10.0 Å². The van der Waals surface area contributed by atoms with Crippen LogP contribution in [0.5, 0.6) is 0 Å².